The highest BCUT2D eigenvalue weighted by Gasteiger charge is 2.24. The number of hydrogen-bond acceptors (Lipinski definition) is 3. The molecular weight excluding hydrogens is 334 g/mol. The van der Waals surface area contributed by atoms with Crippen LogP contribution in [0.25, 0.3) is 0 Å². The van der Waals surface area contributed by atoms with Crippen LogP contribution in [0.5, 0.6) is 5.75 Å². The summed E-state index contributed by atoms with van der Waals surface area (Å²) in [5.41, 5.74) is 1.46. The summed E-state index contributed by atoms with van der Waals surface area (Å²) in [6, 6.07) is 11.7. The third-order valence-electron chi connectivity index (χ3n) is 3.45. The van der Waals surface area contributed by atoms with Gasteiger partial charge in [-0.25, -0.2) is 8.42 Å². The molecule has 0 aliphatic carbocycles. The van der Waals surface area contributed by atoms with Crippen molar-refractivity contribution in [3.63, 3.8) is 0 Å². The fraction of sp³-hybridized carbons (Fsp3) is 0.294. The molecule has 0 saturated heterocycles. The zero-order chi connectivity index (χ0) is 17.0. The highest BCUT2D eigenvalue weighted by atomic mass is 35.5. The number of anilines is 1. The fourth-order valence-corrected chi connectivity index (χ4v) is 3.87. The summed E-state index contributed by atoms with van der Waals surface area (Å²) >= 11 is 6.13. The Kier molecular flexibility index (Phi) is 5.55. The molecule has 0 N–H and O–H groups in total. The van der Waals surface area contributed by atoms with Crippen molar-refractivity contribution in [3.05, 3.63) is 53.1 Å². The SMILES string of the molecule is CCOc1ccc(S(=O)(=O)N(CC)c2ccc(C)c(Cl)c2)cc1. The molecule has 0 bridgehead atoms. The number of aryl methyl sites for hydroxylation is 1. The van der Waals surface area contributed by atoms with Gasteiger partial charge in [0, 0.05) is 11.6 Å². The van der Waals surface area contributed by atoms with Crippen LogP contribution in [-0.4, -0.2) is 21.6 Å². The Hall–Kier alpha value is -1.72. The molecule has 2 aromatic rings. The number of nitrogens with zero attached hydrogens (tertiary/aromatic N) is 1. The first-order chi connectivity index (χ1) is 10.9. The molecule has 0 atom stereocenters. The third kappa shape index (κ3) is 3.79. The number of halogens is 1. The lowest BCUT2D eigenvalue weighted by Gasteiger charge is -2.23. The molecule has 0 aromatic heterocycles. The molecule has 124 valence electrons. The van der Waals surface area contributed by atoms with E-state index in [9.17, 15) is 8.42 Å². The summed E-state index contributed by atoms with van der Waals surface area (Å²) < 4.78 is 32.4. The van der Waals surface area contributed by atoms with Crippen LogP contribution < -0.4 is 9.04 Å². The zero-order valence-corrected chi connectivity index (χ0v) is 15.0. The summed E-state index contributed by atoms with van der Waals surface area (Å²) in [7, 11) is -3.65. The number of benzene rings is 2. The summed E-state index contributed by atoms with van der Waals surface area (Å²) in [5.74, 6) is 0.646. The minimum absolute atomic E-state index is 0.222. The third-order valence-corrected chi connectivity index (χ3v) is 5.78. The van der Waals surface area contributed by atoms with Gasteiger partial charge < -0.3 is 4.74 Å². The number of hydrogen-bond donors (Lipinski definition) is 0. The van der Waals surface area contributed by atoms with Gasteiger partial charge in [0.25, 0.3) is 10.0 Å². The molecule has 6 heteroatoms. The van der Waals surface area contributed by atoms with Crippen LogP contribution in [0.3, 0.4) is 0 Å². The largest absolute Gasteiger partial charge is 0.494 e. The second kappa shape index (κ2) is 7.23. The van der Waals surface area contributed by atoms with Crippen molar-refractivity contribution in [2.45, 2.75) is 25.7 Å². The topological polar surface area (TPSA) is 46.6 Å². The maximum atomic E-state index is 12.9. The van der Waals surface area contributed by atoms with E-state index >= 15 is 0 Å². The van der Waals surface area contributed by atoms with Gasteiger partial charge in [0.05, 0.1) is 17.2 Å². The Morgan fingerprint density at radius 1 is 1.09 bits per heavy atom. The van der Waals surface area contributed by atoms with Crippen LogP contribution in [0.1, 0.15) is 19.4 Å². The van der Waals surface area contributed by atoms with Crippen LogP contribution in [-0.2, 0) is 10.0 Å². The monoisotopic (exact) mass is 353 g/mol. The van der Waals surface area contributed by atoms with Crippen molar-refractivity contribution in [2.24, 2.45) is 0 Å². The number of sulfonamides is 1. The van der Waals surface area contributed by atoms with Crippen molar-refractivity contribution in [1.82, 2.24) is 0 Å². The predicted molar refractivity (Wildman–Crippen MR) is 94.0 cm³/mol. The minimum Gasteiger partial charge on any atom is -0.494 e. The van der Waals surface area contributed by atoms with Gasteiger partial charge >= 0.3 is 0 Å². The van der Waals surface area contributed by atoms with Crippen molar-refractivity contribution in [3.8, 4) is 5.75 Å². The van der Waals surface area contributed by atoms with Crippen LogP contribution in [0.2, 0.25) is 5.02 Å². The van der Waals surface area contributed by atoms with Gasteiger partial charge in [-0.2, -0.15) is 0 Å². The molecule has 23 heavy (non-hydrogen) atoms. The van der Waals surface area contributed by atoms with Gasteiger partial charge in [0.15, 0.2) is 0 Å². The van der Waals surface area contributed by atoms with E-state index in [4.69, 9.17) is 16.3 Å². The summed E-state index contributed by atoms with van der Waals surface area (Å²) in [4.78, 5) is 0.222. The molecule has 2 aromatic carbocycles. The van der Waals surface area contributed by atoms with Crippen molar-refractivity contribution in [1.29, 1.82) is 0 Å². The van der Waals surface area contributed by atoms with Crippen LogP contribution >= 0.6 is 11.6 Å². The number of ether oxygens (including phenoxy) is 1. The Morgan fingerprint density at radius 3 is 2.26 bits per heavy atom. The molecule has 0 spiro atoms. The van der Waals surface area contributed by atoms with E-state index in [1.54, 1.807) is 43.3 Å². The highest BCUT2D eigenvalue weighted by molar-refractivity contribution is 7.92. The van der Waals surface area contributed by atoms with E-state index in [2.05, 4.69) is 0 Å². The molecule has 0 fully saturated rings. The lowest BCUT2D eigenvalue weighted by atomic mass is 10.2. The Morgan fingerprint density at radius 2 is 1.74 bits per heavy atom. The highest BCUT2D eigenvalue weighted by Crippen LogP contribution is 2.28. The lowest BCUT2D eigenvalue weighted by Crippen LogP contribution is -2.30. The van der Waals surface area contributed by atoms with E-state index in [1.807, 2.05) is 19.9 Å². The molecule has 0 unspecified atom stereocenters. The van der Waals surface area contributed by atoms with Crippen molar-refractivity contribution >= 4 is 27.3 Å². The van der Waals surface area contributed by atoms with E-state index in [0.29, 0.717) is 29.6 Å². The van der Waals surface area contributed by atoms with E-state index in [-0.39, 0.29) is 4.90 Å². The summed E-state index contributed by atoms with van der Waals surface area (Å²) in [6.45, 7) is 6.40. The molecule has 0 aliphatic rings. The van der Waals surface area contributed by atoms with Gasteiger partial charge in [-0.15, -0.1) is 0 Å². The Labute approximate surface area is 142 Å². The molecule has 0 amide bonds. The first-order valence-corrected chi connectivity index (χ1v) is 9.23. The molecule has 4 nitrogen and oxygen atoms in total. The zero-order valence-electron chi connectivity index (χ0n) is 13.4. The maximum Gasteiger partial charge on any atom is 0.264 e. The first-order valence-electron chi connectivity index (χ1n) is 7.42. The average molecular weight is 354 g/mol. The Balaban J connectivity index is 2.40. The second-order valence-corrected chi connectivity index (χ2v) is 7.28. The molecule has 0 heterocycles. The normalized spacial score (nSPS) is 11.3. The van der Waals surface area contributed by atoms with Gasteiger partial charge in [-0.1, -0.05) is 17.7 Å². The van der Waals surface area contributed by atoms with Gasteiger partial charge in [0.2, 0.25) is 0 Å². The average Bonchev–Trinajstić information content (AvgIpc) is 2.52. The predicted octanol–water partition coefficient (Wildman–Crippen LogP) is 4.26. The Bertz CT molecular complexity index is 773. The van der Waals surface area contributed by atoms with Gasteiger partial charge in [0.1, 0.15) is 5.75 Å². The lowest BCUT2D eigenvalue weighted by molar-refractivity contribution is 0.340. The number of rotatable bonds is 6. The second-order valence-electron chi connectivity index (χ2n) is 5.01. The smallest absolute Gasteiger partial charge is 0.264 e. The van der Waals surface area contributed by atoms with Crippen LogP contribution in [0.15, 0.2) is 47.4 Å². The van der Waals surface area contributed by atoms with Gasteiger partial charge in [-0.3, -0.25) is 4.31 Å². The standard InChI is InChI=1S/C17H20ClNO3S/c1-4-19(14-7-6-13(3)17(18)12-14)23(20,21)16-10-8-15(9-11-16)22-5-2/h6-12H,4-5H2,1-3H3. The van der Waals surface area contributed by atoms with Crippen LogP contribution in [0, 0.1) is 6.92 Å². The quantitative estimate of drug-likeness (QED) is 0.779. The van der Waals surface area contributed by atoms with Crippen molar-refractivity contribution in [2.75, 3.05) is 17.5 Å². The molecule has 0 radical (unpaired) electrons. The minimum atomic E-state index is -3.65. The molecule has 0 saturated carbocycles. The van der Waals surface area contributed by atoms with E-state index in [0.717, 1.165) is 5.56 Å². The molecule has 2 rings (SSSR count). The van der Waals surface area contributed by atoms with Crippen LogP contribution in [0.4, 0.5) is 5.69 Å². The van der Waals surface area contributed by atoms with Gasteiger partial charge in [-0.05, 0) is 62.7 Å². The van der Waals surface area contributed by atoms with E-state index in [1.165, 1.54) is 4.31 Å². The fourth-order valence-electron chi connectivity index (χ4n) is 2.23. The summed E-state index contributed by atoms with van der Waals surface area (Å²) in [5, 5.41) is 0.544. The first kappa shape index (κ1) is 17.6. The molecular formula is C17H20ClNO3S. The summed E-state index contributed by atoms with van der Waals surface area (Å²) in [6.07, 6.45) is 0. The molecule has 0 aliphatic heterocycles. The van der Waals surface area contributed by atoms with E-state index < -0.39 is 10.0 Å². The maximum absolute atomic E-state index is 12.9. The van der Waals surface area contributed by atoms with Crippen molar-refractivity contribution < 1.29 is 13.2 Å².